The Kier molecular flexibility index (Phi) is 16.8. The van der Waals surface area contributed by atoms with Crippen molar-refractivity contribution in [2.24, 2.45) is 47.2 Å². The molecular formula is C35H57NO9. The number of hydrogen-bond acceptors (Lipinski definition) is 9. The zero-order valence-electron chi connectivity index (χ0n) is 28.5. The Bertz CT molecular complexity index is 1070. The van der Waals surface area contributed by atoms with Crippen molar-refractivity contribution in [1.82, 2.24) is 0 Å². The van der Waals surface area contributed by atoms with Crippen LogP contribution in [0.2, 0.25) is 0 Å². The van der Waals surface area contributed by atoms with E-state index in [9.17, 15) is 29.7 Å². The second-order valence-corrected chi connectivity index (χ2v) is 13.0. The van der Waals surface area contributed by atoms with Crippen LogP contribution >= 0.6 is 0 Å². The van der Waals surface area contributed by atoms with E-state index in [-0.39, 0.29) is 41.9 Å². The Morgan fingerprint density at radius 3 is 2.16 bits per heavy atom. The third-order valence-electron chi connectivity index (χ3n) is 8.88. The molecular weight excluding hydrogens is 578 g/mol. The first-order chi connectivity index (χ1) is 20.9. The molecule has 1 rings (SSSR count). The number of aliphatic hydroxyl groups excluding tert-OH is 3. The summed E-state index contributed by atoms with van der Waals surface area (Å²) in [4.78, 5) is 35.4. The number of ether oxygens (including phenoxy) is 3. The number of aliphatic hydroxyl groups is 3. The predicted octanol–water partition coefficient (Wildman–Crippen LogP) is 4.87. The topological polar surface area (TPSA) is 166 Å². The van der Waals surface area contributed by atoms with Crippen LogP contribution < -0.4 is 5.73 Å². The van der Waals surface area contributed by atoms with E-state index in [1.165, 1.54) is 6.92 Å². The summed E-state index contributed by atoms with van der Waals surface area (Å²) in [5.41, 5.74) is 6.30. The number of nitrogens with two attached hydrogens (primary N) is 1. The normalized spacial score (nSPS) is 27.0. The van der Waals surface area contributed by atoms with Gasteiger partial charge in [-0.1, -0.05) is 90.2 Å². The molecule has 1 fully saturated rings. The fraction of sp³-hybridized carbons (Fsp3) is 0.686. The standard InChI is InChI=1S/C35H57NO9/c1-11-12-13-21(4)32(45-35(36)42)25(8)31(40)23(6)17-19(2)16-22(5)30(39)20(3)14-15-28(38)18-29-24(7)33(43-27(10)37)26(9)34(41)44-29/h11-16,20-26,28-33,38-40H,1,17-18H2,2-10H3,(H2,36,42)/b13-12-,15-14-,19-16-/t20-,21-,22+,23-,24+,25+,26-,28+,29+,30-,31+,32+,33+/m0/s1. The molecule has 5 N–H and O–H groups in total. The highest BCUT2D eigenvalue weighted by Crippen LogP contribution is 2.32. The molecule has 0 radical (unpaired) electrons. The van der Waals surface area contributed by atoms with Crippen molar-refractivity contribution >= 4 is 18.0 Å². The van der Waals surface area contributed by atoms with Gasteiger partial charge in [-0.15, -0.1) is 0 Å². The number of allylic oxidation sites excluding steroid dienone is 3. The minimum atomic E-state index is -0.930. The van der Waals surface area contributed by atoms with E-state index in [0.717, 1.165) is 5.57 Å². The summed E-state index contributed by atoms with van der Waals surface area (Å²) in [6.45, 7) is 19.8. The van der Waals surface area contributed by atoms with Crippen LogP contribution in [-0.2, 0) is 23.8 Å². The Hall–Kier alpha value is -2.95. The zero-order valence-corrected chi connectivity index (χ0v) is 28.5. The molecule has 0 saturated carbocycles. The lowest BCUT2D eigenvalue weighted by molar-refractivity contribution is -0.188. The van der Waals surface area contributed by atoms with E-state index < -0.39 is 60.6 Å². The van der Waals surface area contributed by atoms with Crippen LogP contribution in [0.25, 0.3) is 0 Å². The molecule has 1 amide bonds. The highest BCUT2D eigenvalue weighted by molar-refractivity contribution is 5.75. The average molecular weight is 636 g/mol. The lowest BCUT2D eigenvalue weighted by Gasteiger charge is -2.38. The molecule has 45 heavy (non-hydrogen) atoms. The molecule has 13 atom stereocenters. The average Bonchev–Trinajstić information content (AvgIpc) is 2.96. The van der Waals surface area contributed by atoms with Crippen LogP contribution in [0, 0.1) is 41.4 Å². The van der Waals surface area contributed by atoms with E-state index >= 15 is 0 Å². The quantitative estimate of drug-likeness (QED) is 0.0755. The summed E-state index contributed by atoms with van der Waals surface area (Å²) in [6, 6.07) is 0. The van der Waals surface area contributed by atoms with Crippen LogP contribution in [0.5, 0.6) is 0 Å². The number of amides is 1. The van der Waals surface area contributed by atoms with Crippen molar-refractivity contribution in [3.8, 4) is 0 Å². The maximum Gasteiger partial charge on any atom is 0.404 e. The fourth-order valence-corrected chi connectivity index (χ4v) is 6.19. The number of carbonyl (C=O) groups is 3. The SMILES string of the molecule is C=C/C=C\[C@H](C)[C@@H](OC(N)=O)[C@H](C)[C@H](O)[C@@H](C)C/C(C)=C\[C@@H](C)[C@@H](O)[C@@H](C)/C=C\[C@@H](O)C[C@H]1OC(=O)[C@@H](C)[C@H](OC(C)=O)[C@@H]1C. The highest BCUT2D eigenvalue weighted by atomic mass is 16.6. The Morgan fingerprint density at radius 1 is 0.978 bits per heavy atom. The maximum absolute atomic E-state index is 12.3. The second kappa shape index (κ2) is 18.9. The van der Waals surface area contributed by atoms with Gasteiger partial charge in [-0.25, -0.2) is 4.79 Å². The lowest BCUT2D eigenvalue weighted by Crippen LogP contribution is -2.49. The smallest absolute Gasteiger partial charge is 0.404 e. The van der Waals surface area contributed by atoms with Gasteiger partial charge in [-0.2, -0.15) is 0 Å². The summed E-state index contributed by atoms with van der Waals surface area (Å²) < 4.78 is 16.2. The van der Waals surface area contributed by atoms with E-state index in [1.54, 1.807) is 31.2 Å². The molecule has 0 aliphatic carbocycles. The number of primary amides is 1. The molecule has 10 nitrogen and oxygen atoms in total. The molecule has 1 heterocycles. The van der Waals surface area contributed by atoms with Gasteiger partial charge < -0.3 is 35.3 Å². The molecule has 256 valence electrons. The Labute approximate surface area is 269 Å². The number of cyclic esters (lactones) is 1. The number of hydrogen-bond donors (Lipinski definition) is 4. The lowest BCUT2D eigenvalue weighted by atomic mass is 9.81. The van der Waals surface area contributed by atoms with Crippen molar-refractivity contribution in [2.45, 2.75) is 112 Å². The second-order valence-electron chi connectivity index (χ2n) is 13.0. The zero-order chi connectivity index (χ0) is 34.6. The van der Waals surface area contributed by atoms with E-state index in [2.05, 4.69) is 6.58 Å². The summed E-state index contributed by atoms with van der Waals surface area (Å²) in [5.74, 6) is -3.06. The minimum absolute atomic E-state index is 0.137. The monoisotopic (exact) mass is 635 g/mol. The van der Waals surface area contributed by atoms with Gasteiger partial charge in [0.2, 0.25) is 0 Å². The minimum Gasteiger partial charge on any atom is -0.462 e. The van der Waals surface area contributed by atoms with Crippen molar-refractivity contribution < 1.29 is 43.9 Å². The number of carbonyl (C=O) groups excluding carboxylic acids is 3. The van der Waals surface area contributed by atoms with Gasteiger partial charge in [0.1, 0.15) is 18.3 Å². The highest BCUT2D eigenvalue weighted by Gasteiger charge is 2.44. The molecule has 10 heteroatoms. The number of esters is 2. The van der Waals surface area contributed by atoms with Crippen LogP contribution in [0.15, 0.2) is 48.6 Å². The molecule has 0 bridgehead atoms. The summed E-state index contributed by atoms with van der Waals surface area (Å²) >= 11 is 0. The van der Waals surface area contributed by atoms with Crippen molar-refractivity contribution in [3.63, 3.8) is 0 Å². The largest absolute Gasteiger partial charge is 0.462 e. The van der Waals surface area contributed by atoms with Gasteiger partial charge in [0, 0.05) is 42.9 Å². The van der Waals surface area contributed by atoms with Gasteiger partial charge >= 0.3 is 18.0 Å². The van der Waals surface area contributed by atoms with Gasteiger partial charge in [-0.05, 0) is 26.2 Å². The number of rotatable bonds is 17. The molecule has 1 aliphatic heterocycles. The van der Waals surface area contributed by atoms with Crippen LogP contribution in [0.4, 0.5) is 4.79 Å². The molecule has 0 spiro atoms. The third-order valence-corrected chi connectivity index (χ3v) is 8.88. The first-order valence-corrected chi connectivity index (χ1v) is 15.9. The predicted molar refractivity (Wildman–Crippen MR) is 174 cm³/mol. The third kappa shape index (κ3) is 12.8. The Morgan fingerprint density at radius 2 is 1.60 bits per heavy atom. The molecule has 1 saturated heterocycles. The van der Waals surface area contributed by atoms with Gasteiger partial charge in [-0.3, -0.25) is 9.59 Å². The molecule has 0 aromatic rings. The van der Waals surface area contributed by atoms with Crippen LogP contribution in [-0.4, -0.2) is 70.0 Å². The van der Waals surface area contributed by atoms with Gasteiger partial charge in [0.25, 0.3) is 0 Å². The maximum atomic E-state index is 12.3. The first-order valence-electron chi connectivity index (χ1n) is 15.9. The molecule has 1 aliphatic rings. The summed E-state index contributed by atoms with van der Waals surface area (Å²) in [6.07, 6.45) is 6.05. The summed E-state index contributed by atoms with van der Waals surface area (Å²) in [5, 5.41) is 32.8. The Balaban J connectivity index is 2.80. The first kappa shape index (κ1) is 40.1. The van der Waals surface area contributed by atoms with Gasteiger partial charge in [0.15, 0.2) is 0 Å². The van der Waals surface area contributed by atoms with Crippen LogP contribution in [0.1, 0.15) is 75.2 Å². The van der Waals surface area contributed by atoms with E-state index in [0.29, 0.717) is 6.42 Å². The molecule has 0 unspecified atom stereocenters. The molecule has 0 aromatic heterocycles. The van der Waals surface area contributed by atoms with E-state index in [1.807, 2.05) is 60.6 Å². The van der Waals surface area contributed by atoms with Crippen molar-refractivity contribution in [2.75, 3.05) is 0 Å². The van der Waals surface area contributed by atoms with Gasteiger partial charge in [0.05, 0.1) is 24.2 Å². The summed E-state index contributed by atoms with van der Waals surface area (Å²) in [7, 11) is 0. The van der Waals surface area contributed by atoms with E-state index in [4.69, 9.17) is 19.9 Å². The fourth-order valence-electron chi connectivity index (χ4n) is 6.19. The van der Waals surface area contributed by atoms with Crippen LogP contribution in [0.3, 0.4) is 0 Å². The van der Waals surface area contributed by atoms with Crippen molar-refractivity contribution in [1.29, 1.82) is 0 Å². The van der Waals surface area contributed by atoms with Crippen molar-refractivity contribution in [3.05, 3.63) is 48.6 Å². The molecule has 0 aromatic carbocycles.